The summed E-state index contributed by atoms with van der Waals surface area (Å²) in [5.41, 5.74) is 2.92. The van der Waals surface area contributed by atoms with Crippen LogP contribution in [0.3, 0.4) is 0 Å². The number of rotatable bonds is 6. The van der Waals surface area contributed by atoms with Gasteiger partial charge in [0.05, 0.1) is 19.8 Å². The first-order valence-electron chi connectivity index (χ1n) is 8.84. The molecule has 26 heavy (non-hydrogen) atoms. The van der Waals surface area contributed by atoms with Crippen molar-refractivity contribution in [3.05, 3.63) is 59.1 Å². The van der Waals surface area contributed by atoms with Crippen molar-refractivity contribution >= 4 is 28.9 Å². The van der Waals surface area contributed by atoms with E-state index in [1.165, 1.54) is 0 Å². The predicted molar refractivity (Wildman–Crippen MR) is 106 cm³/mol. The van der Waals surface area contributed by atoms with Gasteiger partial charge < -0.3 is 20.3 Å². The van der Waals surface area contributed by atoms with Crippen LogP contribution in [0, 0.1) is 0 Å². The summed E-state index contributed by atoms with van der Waals surface area (Å²) >= 11 is 6.19. The van der Waals surface area contributed by atoms with E-state index in [9.17, 15) is 4.79 Å². The molecule has 138 valence electrons. The average molecular weight is 374 g/mol. The standard InChI is InChI=1S/C20H24ClN3O2/c1-15(18-4-2-3-5-19(18)21)22-14-20(25)23-16-6-8-17(9-7-16)24-10-12-26-13-11-24/h2-9,15,22H,10-14H2,1H3,(H,23,25)/t15-/m0/s1. The van der Waals surface area contributed by atoms with Crippen LogP contribution >= 0.6 is 11.6 Å². The van der Waals surface area contributed by atoms with Gasteiger partial charge in [-0.1, -0.05) is 29.8 Å². The molecule has 0 aromatic heterocycles. The van der Waals surface area contributed by atoms with Crippen LogP contribution in [0.2, 0.25) is 5.02 Å². The van der Waals surface area contributed by atoms with E-state index >= 15 is 0 Å². The number of hydrogen-bond donors (Lipinski definition) is 2. The van der Waals surface area contributed by atoms with E-state index < -0.39 is 0 Å². The van der Waals surface area contributed by atoms with E-state index in [1.807, 2.05) is 55.5 Å². The van der Waals surface area contributed by atoms with Crippen molar-refractivity contribution < 1.29 is 9.53 Å². The molecule has 1 aliphatic rings. The molecule has 1 amide bonds. The fourth-order valence-corrected chi connectivity index (χ4v) is 3.26. The molecule has 1 aliphatic heterocycles. The minimum atomic E-state index is -0.0805. The molecule has 0 unspecified atom stereocenters. The number of hydrogen-bond acceptors (Lipinski definition) is 4. The highest BCUT2D eigenvalue weighted by atomic mass is 35.5. The Hall–Kier alpha value is -2.08. The number of nitrogens with one attached hydrogen (secondary N) is 2. The Balaban J connectivity index is 1.49. The normalized spacial score (nSPS) is 15.5. The van der Waals surface area contributed by atoms with Gasteiger partial charge in [-0.25, -0.2) is 0 Å². The topological polar surface area (TPSA) is 53.6 Å². The number of halogens is 1. The number of carbonyl (C=O) groups is 1. The van der Waals surface area contributed by atoms with Crippen LogP contribution in [-0.4, -0.2) is 38.8 Å². The first kappa shape index (κ1) is 18.7. The monoisotopic (exact) mass is 373 g/mol. The summed E-state index contributed by atoms with van der Waals surface area (Å²) in [7, 11) is 0. The van der Waals surface area contributed by atoms with Crippen LogP contribution in [0.4, 0.5) is 11.4 Å². The van der Waals surface area contributed by atoms with Crippen LogP contribution in [-0.2, 0) is 9.53 Å². The summed E-state index contributed by atoms with van der Waals surface area (Å²) in [6, 6.07) is 15.6. The molecule has 0 bridgehead atoms. The van der Waals surface area contributed by atoms with E-state index in [0.29, 0.717) is 5.02 Å². The molecule has 0 radical (unpaired) electrons. The van der Waals surface area contributed by atoms with E-state index in [2.05, 4.69) is 15.5 Å². The lowest BCUT2D eigenvalue weighted by molar-refractivity contribution is -0.115. The van der Waals surface area contributed by atoms with Crippen LogP contribution in [0.25, 0.3) is 0 Å². The molecule has 2 N–H and O–H groups in total. The number of morpholine rings is 1. The Bertz CT molecular complexity index is 730. The lowest BCUT2D eigenvalue weighted by atomic mass is 10.1. The van der Waals surface area contributed by atoms with E-state index in [0.717, 1.165) is 43.2 Å². The first-order chi connectivity index (χ1) is 12.6. The van der Waals surface area contributed by atoms with Gasteiger partial charge in [-0.05, 0) is 42.8 Å². The quantitative estimate of drug-likeness (QED) is 0.814. The van der Waals surface area contributed by atoms with Crippen LogP contribution < -0.4 is 15.5 Å². The van der Waals surface area contributed by atoms with Crippen molar-refractivity contribution in [3.8, 4) is 0 Å². The summed E-state index contributed by atoms with van der Waals surface area (Å²) in [4.78, 5) is 14.5. The van der Waals surface area contributed by atoms with Crippen molar-refractivity contribution in [1.82, 2.24) is 5.32 Å². The van der Waals surface area contributed by atoms with E-state index in [-0.39, 0.29) is 18.5 Å². The molecule has 0 saturated carbocycles. The fraction of sp³-hybridized carbons (Fsp3) is 0.350. The van der Waals surface area contributed by atoms with Gasteiger partial charge in [0.1, 0.15) is 0 Å². The summed E-state index contributed by atoms with van der Waals surface area (Å²) in [6.45, 7) is 5.52. The number of ether oxygens (including phenoxy) is 1. The van der Waals surface area contributed by atoms with Crippen molar-refractivity contribution in [3.63, 3.8) is 0 Å². The molecule has 2 aromatic rings. The second kappa shape index (κ2) is 9.03. The summed E-state index contributed by atoms with van der Waals surface area (Å²) in [5.74, 6) is -0.0805. The van der Waals surface area contributed by atoms with Gasteiger partial charge in [-0.2, -0.15) is 0 Å². The Morgan fingerprint density at radius 3 is 2.54 bits per heavy atom. The molecule has 1 saturated heterocycles. The van der Waals surface area contributed by atoms with Gasteiger partial charge in [0, 0.05) is 35.5 Å². The largest absolute Gasteiger partial charge is 0.378 e. The van der Waals surface area contributed by atoms with Crippen LogP contribution in [0.1, 0.15) is 18.5 Å². The third-order valence-corrected chi connectivity index (χ3v) is 4.81. The Labute approximate surface area is 159 Å². The van der Waals surface area contributed by atoms with Gasteiger partial charge in [-0.15, -0.1) is 0 Å². The van der Waals surface area contributed by atoms with Crippen LogP contribution in [0.5, 0.6) is 0 Å². The minimum Gasteiger partial charge on any atom is -0.378 e. The highest BCUT2D eigenvalue weighted by Gasteiger charge is 2.12. The van der Waals surface area contributed by atoms with Gasteiger partial charge in [0.15, 0.2) is 0 Å². The first-order valence-corrected chi connectivity index (χ1v) is 9.22. The molecule has 6 heteroatoms. The molecular weight excluding hydrogens is 350 g/mol. The number of benzene rings is 2. The second-order valence-electron chi connectivity index (χ2n) is 6.32. The summed E-state index contributed by atoms with van der Waals surface area (Å²) in [6.07, 6.45) is 0. The highest BCUT2D eigenvalue weighted by Crippen LogP contribution is 2.22. The van der Waals surface area contributed by atoms with Crippen molar-refractivity contribution in [2.45, 2.75) is 13.0 Å². The smallest absolute Gasteiger partial charge is 0.238 e. The molecule has 1 fully saturated rings. The lowest BCUT2D eigenvalue weighted by Gasteiger charge is -2.28. The maximum atomic E-state index is 12.2. The molecule has 1 atom stereocenters. The Kier molecular flexibility index (Phi) is 6.50. The Morgan fingerprint density at radius 1 is 1.15 bits per heavy atom. The molecule has 3 rings (SSSR count). The maximum Gasteiger partial charge on any atom is 0.238 e. The Morgan fingerprint density at radius 2 is 1.85 bits per heavy atom. The third-order valence-electron chi connectivity index (χ3n) is 4.47. The molecule has 0 aliphatic carbocycles. The number of anilines is 2. The molecular formula is C20H24ClN3O2. The zero-order chi connectivity index (χ0) is 18.4. The maximum absolute atomic E-state index is 12.2. The van der Waals surface area contributed by atoms with Gasteiger partial charge in [0.2, 0.25) is 5.91 Å². The molecule has 0 spiro atoms. The number of carbonyl (C=O) groups excluding carboxylic acids is 1. The number of nitrogens with zero attached hydrogens (tertiary/aromatic N) is 1. The van der Waals surface area contributed by atoms with Gasteiger partial charge in [0.25, 0.3) is 0 Å². The zero-order valence-corrected chi connectivity index (χ0v) is 15.6. The average Bonchev–Trinajstić information content (AvgIpc) is 2.68. The molecule has 1 heterocycles. The fourth-order valence-electron chi connectivity index (χ4n) is 2.96. The van der Waals surface area contributed by atoms with E-state index in [1.54, 1.807) is 0 Å². The summed E-state index contributed by atoms with van der Waals surface area (Å²) < 4.78 is 5.37. The van der Waals surface area contributed by atoms with Gasteiger partial charge in [-0.3, -0.25) is 4.79 Å². The highest BCUT2D eigenvalue weighted by molar-refractivity contribution is 6.31. The number of amides is 1. The van der Waals surface area contributed by atoms with Crippen molar-refractivity contribution in [2.24, 2.45) is 0 Å². The van der Waals surface area contributed by atoms with E-state index in [4.69, 9.17) is 16.3 Å². The third kappa shape index (κ3) is 4.97. The van der Waals surface area contributed by atoms with Crippen molar-refractivity contribution in [1.29, 1.82) is 0 Å². The van der Waals surface area contributed by atoms with Crippen LogP contribution in [0.15, 0.2) is 48.5 Å². The SMILES string of the molecule is C[C@H](NCC(=O)Nc1ccc(N2CCOCC2)cc1)c1ccccc1Cl. The zero-order valence-electron chi connectivity index (χ0n) is 14.9. The van der Waals surface area contributed by atoms with Crippen molar-refractivity contribution in [2.75, 3.05) is 43.1 Å². The van der Waals surface area contributed by atoms with Gasteiger partial charge >= 0.3 is 0 Å². The lowest BCUT2D eigenvalue weighted by Crippen LogP contribution is -2.36. The molecule has 2 aromatic carbocycles. The minimum absolute atomic E-state index is 0.00172. The predicted octanol–water partition coefficient (Wildman–Crippen LogP) is 3.47. The molecule has 5 nitrogen and oxygen atoms in total. The second-order valence-corrected chi connectivity index (χ2v) is 6.73. The summed E-state index contributed by atoms with van der Waals surface area (Å²) in [5, 5.41) is 6.82.